The second-order valence-corrected chi connectivity index (χ2v) is 4.55. The number of hydrogen-bond donors (Lipinski definition) is 0. The third kappa shape index (κ3) is 2.19. The van der Waals surface area contributed by atoms with Crippen LogP contribution >= 0.6 is 15.9 Å². The van der Waals surface area contributed by atoms with Gasteiger partial charge in [0.2, 0.25) is 0 Å². The number of alkyl halides is 5. The monoisotopic (exact) mass is 325 g/mol. The molecule has 7 heteroatoms. The molecule has 0 N–H and O–H groups in total. The molecule has 1 aromatic heterocycles. The predicted molar refractivity (Wildman–Crippen MR) is 59.4 cm³/mol. The third-order valence-electron chi connectivity index (χ3n) is 2.36. The molecule has 0 radical (unpaired) electrons. The molecule has 0 aliphatic rings. The summed E-state index contributed by atoms with van der Waals surface area (Å²) in [5.74, 6) is -4.91. The van der Waals surface area contributed by atoms with Gasteiger partial charge in [-0.2, -0.15) is 22.0 Å². The van der Waals surface area contributed by atoms with E-state index in [1.807, 2.05) is 0 Å². The van der Waals surface area contributed by atoms with E-state index >= 15 is 0 Å². The van der Waals surface area contributed by atoms with Crippen LogP contribution in [0.5, 0.6) is 0 Å². The van der Waals surface area contributed by atoms with Crippen molar-refractivity contribution < 1.29 is 22.0 Å². The summed E-state index contributed by atoms with van der Waals surface area (Å²) in [5, 5.41) is 0.214. The van der Waals surface area contributed by atoms with Gasteiger partial charge in [-0.3, -0.25) is 4.98 Å². The summed E-state index contributed by atoms with van der Waals surface area (Å²) in [5.41, 5.74) is -0.819. The molecule has 0 saturated heterocycles. The van der Waals surface area contributed by atoms with E-state index in [0.717, 1.165) is 6.07 Å². The standard InChI is InChI=1S/C11H5BrF5N/c12-8-1-2-9-6(4-8)3-7(5-18-9)10(13,14)11(15,16)17/h1-5H. The molecule has 0 saturated carbocycles. The Morgan fingerprint density at radius 1 is 1.00 bits per heavy atom. The first-order valence-corrected chi connectivity index (χ1v) is 5.51. The summed E-state index contributed by atoms with van der Waals surface area (Å²) < 4.78 is 63.4. The minimum absolute atomic E-state index is 0.214. The van der Waals surface area contributed by atoms with Gasteiger partial charge in [0.1, 0.15) is 0 Å². The predicted octanol–water partition coefficient (Wildman–Crippen LogP) is 4.65. The van der Waals surface area contributed by atoms with Gasteiger partial charge < -0.3 is 0 Å². The van der Waals surface area contributed by atoms with E-state index in [1.165, 1.54) is 12.1 Å². The number of rotatable bonds is 1. The molecule has 1 aromatic carbocycles. The van der Waals surface area contributed by atoms with E-state index in [-0.39, 0.29) is 5.39 Å². The van der Waals surface area contributed by atoms with E-state index in [4.69, 9.17) is 0 Å². The minimum atomic E-state index is -5.63. The molecule has 0 atom stereocenters. The van der Waals surface area contributed by atoms with Crippen LogP contribution in [0, 0.1) is 0 Å². The molecular weight excluding hydrogens is 321 g/mol. The highest BCUT2D eigenvalue weighted by atomic mass is 79.9. The largest absolute Gasteiger partial charge is 0.458 e. The summed E-state index contributed by atoms with van der Waals surface area (Å²) in [6, 6.07) is 5.37. The lowest BCUT2D eigenvalue weighted by Gasteiger charge is -2.19. The van der Waals surface area contributed by atoms with Crippen LogP contribution in [0.25, 0.3) is 10.9 Å². The number of pyridine rings is 1. The molecule has 0 fully saturated rings. The zero-order valence-electron chi connectivity index (χ0n) is 8.60. The summed E-state index contributed by atoms with van der Waals surface area (Å²) in [6.45, 7) is 0. The molecule has 0 unspecified atom stereocenters. The topological polar surface area (TPSA) is 12.9 Å². The van der Waals surface area contributed by atoms with E-state index in [2.05, 4.69) is 20.9 Å². The van der Waals surface area contributed by atoms with Gasteiger partial charge in [-0.25, -0.2) is 0 Å². The molecule has 1 nitrogen and oxygen atoms in total. The maximum absolute atomic E-state index is 13.1. The quantitative estimate of drug-likeness (QED) is 0.695. The number of fused-ring (bicyclic) bond motifs is 1. The van der Waals surface area contributed by atoms with Crippen molar-refractivity contribution in [3.05, 3.63) is 40.5 Å². The zero-order chi connectivity index (χ0) is 13.6. The SMILES string of the molecule is FC(F)(F)C(F)(F)c1cnc2ccc(Br)cc2c1. The smallest absolute Gasteiger partial charge is 0.256 e. The Labute approximate surface area is 107 Å². The molecule has 18 heavy (non-hydrogen) atoms. The van der Waals surface area contributed by atoms with Crippen molar-refractivity contribution in [1.82, 2.24) is 4.98 Å². The lowest BCUT2D eigenvalue weighted by Crippen LogP contribution is -2.33. The molecule has 1 heterocycles. The second-order valence-electron chi connectivity index (χ2n) is 3.63. The number of nitrogens with zero attached hydrogens (tertiary/aromatic N) is 1. The van der Waals surface area contributed by atoms with Gasteiger partial charge >= 0.3 is 12.1 Å². The Morgan fingerprint density at radius 2 is 1.67 bits per heavy atom. The molecule has 0 spiro atoms. The van der Waals surface area contributed by atoms with Crippen molar-refractivity contribution in [2.75, 3.05) is 0 Å². The Balaban J connectivity index is 2.60. The molecule has 0 amide bonds. The first-order chi connectivity index (χ1) is 8.22. The Kier molecular flexibility index (Phi) is 3.04. The molecule has 0 bridgehead atoms. The van der Waals surface area contributed by atoms with Crippen molar-refractivity contribution in [2.24, 2.45) is 0 Å². The normalized spacial score (nSPS) is 13.0. The molecule has 96 valence electrons. The van der Waals surface area contributed by atoms with Crippen LogP contribution < -0.4 is 0 Å². The number of benzene rings is 1. The van der Waals surface area contributed by atoms with Gasteiger partial charge in [0.05, 0.1) is 5.52 Å². The van der Waals surface area contributed by atoms with Gasteiger partial charge in [-0.05, 0) is 24.3 Å². The highest BCUT2D eigenvalue weighted by Crippen LogP contribution is 2.44. The minimum Gasteiger partial charge on any atom is -0.256 e. The molecule has 0 aliphatic heterocycles. The van der Waals surface area contributed by atoms with Crippen LogP contribution in [0.4, 0.5) is 22.0 Å². The van der Waals surface area contributed by atoms with Crippen LogP contribution in [0.2, 0.25) is 0 Å². The van der Waals surface area contributed by atoms with Crippen molar-refractivity contribution in [3.63, 3.8) is 0 Å². The van der Waals surface area contributed by atoms with Crippen LogP contribution in [-0.2, 0) is 5.92 Å². The van der Waals surface area contributed by atoms with Gasteiger partial charge in [0, 0.05) is 21.6 Å². The van der Waals surface area contributed by atoms with E-state index < -0.39 is 17.7 Å². The van der Waals surface area contributed by atoms with Crippen molar-refractivity contribution in [3.8, 4) is 0 Å². The maximum Gasteiger partial charge on any atom is 0.458 e. The Hall–Kier alpha value is -1.24. The maximum atomic E-state index is 13.1. The zero-order valence-corrected chi connectivity index (χ0v) is 10.2. The second kappa shape index (κ2) is 4.15. The first kappa shape index (κ1) is 13.2. The average molecular weight is 326 g/mol. The lowest BCUT2D eigenvalue weighted by molar-refractivity contribution is -0.289. The molecule has 2 rings (SSSR count). The van der Waals surface area contributed by atoms with Crippen LogP contribution in [0.3, 0.4) is 0 Å². The van der Waals surface area contributed by atoms with Crippen molar-refractivity contribution >= 4 is 26.8 Å². The first-order valence-electron chi connectivity index (χ1n) is 4.72. The Bertz CT molecular complexity index is 593. The fourth-order valence-electron chi connectivity index (χ4n) is 1.44. The van der Waals surface area contributed by atoms with Gasteiger partial charge in [0.15, 0.2) is 0 Å². The van der Waals surface area contributed by atoms with Crippen LogP contribution in [-0.4, -0.2) is 11.2 Å². The third-order valence-corrected chi connectivity index (χ3v) is 2.86. The highest BCUT2D eigenvalue weighted by molar-refractivity contribution is 9.10. The van der Waals surface area contributed by atoms with Gasteiger partial charge in [-0.15, -0.1) is 0 Å². The molecule has 0 aliphatic carbocycles. The van der Waals surface area contributed by atoms with Gasteiger partial charge in [0.25, 0.3) is 0 Å². The highest BCUT2D eigenvalue weighted by Gasteiger charge is 2.58. The number of hydrogen-bond acceptors (Lipinski definition) is 1. The molecule has 2 aromatic rings. The van der Waals surface area contributed by atoms with E-state index in [0.29, 0.717) is 16.2 Å². The van der Waals surface area contributed by atoms with Gasteiger partial charge in [-0.1, -0.05) is 15.9 Å². The number of halogens is 6. The fourth-order valence-corrected chi connectivity index (χ4v) is 1.82. The fraction of sp³-hybridized carbons (Fsp3) is 0.182. The van der Waals surface area contributed by atoms with E-state index in [1.54, 1.807) is 6.07 Å². The van der Waals surface area contributed by atoms with E-state index in [9.17, 15) is 22.0 Å². The van der Waals surface area contributed by atoms with Crippen LogP contribution in [0.15, 0.2) is 34.9 Å². The summed E-state index contributed by atoms with van der Waals surface area (Å²) in [4.78, 5) is 3.60. The van der Waals surface area contributed by atoms with Crippen molar-refractivity contribution in [2.45, 2.75) is 12.1 Å². The van der Waals surface area contributed by atoms with Crippen LogP contribution in [0.1, 0.15) is 5.56 Å². The average Bonchev–Trinajstić information content (AvgIpc) is 2.26. The number of aromatic nitrogens is 1. The Morgan fingerprint density at radius 3 is 2.28 bits per heavy atom. The lowest BCUT2D eigenvalue weighted by atomic mass is 10.1. The summed E-state index contributed by atoms with van der Waals surface area (Å²) >= 11 is 3.11. The van der Waals surface area contributed by atoms with Crippen molar-refractivity contribution in [1.29, 1.82) is 0 Å². The summed E-state index contributed by atoms with van der Waals surface area (Å²) in [6.07, 6.45) is -5.09. The summed E-state index contributed by atoms with van der Waals surface area (Å²) in [7, 11) is 0. The molecular formula is C11H5BrF5N.